The molecule has 110 valence electrons. The molecule has 1 rings (SSSR count). The summed E-state index contributed by atoms with van der Waals surface area (Å²) in [5.41, 5.74) is 1.01. The molecule has 0 aliphatic heterocycles. The third kappa shape index (κ3) is 5.61. The lowest BCUT2D eigenvalue weighted by molar-refractivity contribution is -0.130. The Balaban J connectivity index is 2.51. The molecule has 0 spiro atoms. The van der Waals surface area contributed by atoms with E-state index in [-0.39, 0.29) is 17.7 Å². The van der Waals surface area contributed by atoms with E-state index in [0.29, 0.717) is 24.7 Å². The standard InChI is InChI=1S/C15H21ClN2O2/c1-11(2)15(20)17-8-9-18(12(3)19)10-13-4-6-14(16)7-5-13/h4-7,11H,8-10H2,1-3H3,(H,17,20). The van der Waals surface area contributed by atoms with Crippen molar-refractivity contribution < 1.29 is 9.59 Å². The zero-order valence-corrected chi connectivity index (χ0v) is 12.9. The minimum atomic E-state index is -0.0444. The SMILES string of the molecule is CC(=O)N(CCNC(=O)C(C)C)Cc1ccc(Cl)cc1. The summed E-state index contributed by atoms with van der Waals surface area (Å²) < 4.78 is 0. The molecule has 0 fully saturated rings. The Labute approximate surface area is 125 Å². The smallest absolute Gasteiger partial charge is 0.222 e. The van der Waals surface area contributed by atoms with Crippen LogP contribution in [0, 0.1) is 5.92 Å². The minimum absolute atomic E-state index is 0.00000466. The fourth-order valence-electron chi connectivity index (χ4n) is 1.68. The van der Waals surface area contributed by atoms with Gasteiger partial charge in [-0.25, -0.2) is 0 Å². The number of nitrogens with one attached hydrogen (secondary N) is 1. The van der Waals surface area contributed by atoms with Crippen LogP contribution in [0.15, 0.2) is 24.3 Å². The molecule has 4 nitrogen and oxygen atoms in total. The van der Waals surface area contributed by atoms with Crippen LogP contribution in [0.1, 0.15) is 26.3 Å². The molecule has 0 unspecified atom stereocenters. The molecule has 5 heteroatoms. The maximum atomic E-state index is 11.6. The first kappa shape index (κ1) is 16.5. The number of benzene rings is 1. The fourth-order valence-corrected chi connectivity index (χ4v) is 1.80. The van der Waals surface area contributed by atoms with Gasteiger partial charge in [-0.2, -0.15) is 0 Å². The highest BCUT2D eigenvalue weighted by atomic mass is 35.5. The van der Waals surface area contributed by atoms with E-state index in [1.54, 1.807) is 17.0 Å². The van der Waals surface area contributed by atoms with E-state index in [2.05, 4.69) is 5.32 Å². The fraction of sp³-hybridized carbons (Fsp3) is 0.467. The molecule has 0 aromatic heterocycles. The van der Waals surface area contributed by atoms with Crippen molar-refractivity contribution in [2.24, 2.45) is 5.92 Å². The second kappa shape index (κ2) is 7.90. The lowest BCUT2D eigenvalue weighted by Crippen LogP contribution is -2.38. The van der Waals surface area contributed by atoms with Crippen LogP contribution in [0.3, 0.4) is 0 Å². The average molecular weight is 297 g/mol. The van der Waals surface area contributed by atoms with E-state index >= 15 is 0 Å². The van der Waals surface area contributed by atoms with Gasteiger partial charge in [-0.15, -0.1) is 0 Å². The molecule has 0 aliphatic rings. The van der Waals surface area contributed by atoms with Crippen LogP contribution in [-0.2, 0) is 16.1 Å². The zero-order chi connectivity index (χ0) is 15.1. The number of carbonyl (C=O) groups is 2. The molecule has 20 heavy (non-hydrogen) atoms. The largest absolute Gasteiger partial charge is 0.354 e. The number of carbonyl (C=O) groups excluding carboxylic acids is 2. The summed E-state index contributed by atoms with van der Waals surface area (Å²) in [6.45, 7) is 6.68. The monoisotopic (exact) mass is 296 g/mol. The molecule has 0 heterocycles. The van der Waals surface area contributed by atoms with Crippen LogP contribution in [0.5, 0.6) is 0 Å². The second-order valence-corrected chi connectivity index (χ2v) is 5.45. The Morgan fingerprint density at radius 2 is 1.85 bits per heavy atom. The van der Waals surface area contributed by atoms with Gasteiger partial charge in [0, 0.05) is 37.5 Å². The number of nitrogens with zero attached hydrogens (tertiary/aromatic N) is 1. The van der Waals surface area contributed by atoms with Gasteiger partial charge in [0.05, 0.1) is 0 Å². The van der Waals surface area contributed by atoms with Crippen LogP contribution >= 0.6 is 11.6 Å². The van der Waals surface area contributed by atoms with Gasteiger partial charge in [0.25, 0.3) is 0 Å². The maximum Gasteiger partial charge on any atom is 0.222 e. The van der Waals surface area contributed by atoms with Crippen LogP contribution in [0.25, 0.3) is 0 Å². The van der Waals surface area contributed by atoms with Gasteiger partial charge >= 0.3 is 0 Å². The van der Waals surface area contributed by atoms with Crippen molar-refractivity contribution in [2.45, 2.75) is 27.3 Å². The van der Waals surface area contributed by atoms with Crippen molar-refractivity contribution in [1.82, 2.24) is 10.2 Å². The molecule has 1 aromatic carbocycles. The minimum Gasteiger partial charge on any atom is -0.354 e. The predicted octanol–water partition coefficient (Wildman–Crippen LogP) is 2.46. The van der Waals surface area contributed by atoms with E-state index in [9.17, 15) is 9.59 Å². The highest BCUT2D eigenvalue weighted by Gasteiger charge is 2.11. The normalized spacial score (nSPS) is 10.4. The number of hydrogen-bond donors (Lipinski definition) is 1. The van der Waals surface area contributed by atoms with Crippen molar-refractivity contribution >= 4 is 23.4 Å². The van der Waals surface area contributed by atoms with Crippen LogP contribution in [0.2, 0.25) is 5.02 Å². The van der Waals surface area contributed by atoms with Gasteiger partial charge in [-0.05, 0) is 17.7 Å². The summed E-state index contributed by atoms with van der Waals surface area (Å²) in [7, 11) is 0. The molecule has 2 amide bonds. The summed E-state index contributed by atoms with van der Waals surface area (Å²) in [6.07, 6.45) is 0. The van der Waals surface area contributed by atoms with Gasteiger partial charge < -0.3 is 10.2 Å². The molecule has 0 atom stereocenters. The predicted molar refractivity (Wildman–Crippen MR) is 80.4 cm³/mol. The highest BCUT2D eigenvalue weighted by molar-refractivity contribution is 6.30. The third-order valence-electron chi connectivity index (χ3n) is 2.94. The number of rotatable bonds is 6. The van der Waals surface area contributed by atoms with E-state index in [0.717, 1.165) is 5.56 Å². The Bertz CT molecular complexity index is 457. The lowest BCUT2D eigenvalue weighted by Gasteiger charge is -2.21. The first-order valence-corrected chi connectivity index (χ1v) is 7.05. The molecule has 0 aliphatic carbocycles. The molecule has 1 N–H and O–H groups in total. The lowest BCUT2D eigenvalue weighted by atomic mass is 10.2. The Kier molecular flexibility index (Phi) is 6.52. The van der Waals surface area contributed by atoms with E-state index < -0.39 is 0 Å². The first-order valence-electron chi connectivity index (χ1n) is 6.68. The summed E-state index contributed by atoms with van der Waals surface area (Å²) in [4.78, 5) is 24.8. The van der Waals surface area contributed by atoms with Crippen molar-refractivity contribution in [3.63, 3.8) is 0 Å². The van der Waals surface area contributed by atoms with Crippen LogP contribution in [0.4, 0.5) is 0 Å². The molecule has 1 aromatic rings. The van der Waals surface area contributed by atoms with Gasteiger partial charge in [0.15, 0.2) is 0 Å². The second-order valence-electron chi connectivity index (χ2n) is 5.01. The molecule has 0 saturated heterocycles. The Morgan fingerprint density at radius 3 is 2.35 bits per heavy atom. The summed E-state index contributed by atoms with van der Waals surface area (Å²) in [5.74, 6) is -0.0595. The van der Waals surface area contributed by atoms with Crippen molar-refractivity contribution in [3.8, 4) is 0 Å². The quantitative estimate of drug-likeness (QED) is 0.876. The number of hydrogen-bond acceptors (Lipinski definition) is 2. The van der Waals surface area contributed by atoms with E-state index in [4.69, 9.17) is 11.6 Å². The van der Waals surface area contributed by atoms with Crippen molar-refractivity contribution in [3.05, 3.63) is 34.9 Å². The molecule has 0 saturated carbocycles. The molecule has 0 bridgehead atoms. The molecular weight excluding hydrogens is 276 g/mol. The third-order valence-corrected chi connectivity index (χ3v) is 3.19. The average Bonchev–Trinajstić information content (AvgIpc) is 2.39. The van der Waals surface area contributed by atoms with Gasteiger partial charge in [-0.3, -0.25) is 9.59 Å². The summed E-state index contributed by atoms with van der Waals surface area (Å²) >= 11 is 5.83. The first-order chi connectivity index (χ1) is 9.40. The highest BCUT2D eigenvalue weighted by Crippen LogP contribution is 2.11. The van der Waals surface area contributed by atoms with E-state index in [1.807, 2.05) is 26.0 Å². The molecular formula is C15H21ClN2O2. The van der Waals surface area contributed by atoms with E-state index in [1.165, 1.54) is 6.92 Å². The van der Waals surface area contributed by atoms with Gasteiger partial charge in [0.1, 0.15) is 0 Å². The molecule has 0 radical (unpaired) electrons. The topological polar surface area (TPSA) is 49.4 Å². The number of amides is 2. The van der Waals surface area contributed by atoms with Crippen LogP contribution in [-0.4, -0.2) is 29.8 Å². The zero-order valence-electron chi connectivity index (χ0n) is 12.1. The summed E-state index contributed by atoms with van der Waals surface area (Å²) in [6, 6.07) is 7.39. The van der Waals surface area contributed by atoms with Crippen molar-refractivity contribution in [1.29, 1.82) is 0 Å². The maximum absolute atomic E-state index is 11.6. The van der Waals surface area contributed by atoms with Crippen molar-refractivity contribution in [2.75, 3.05) is 13.1 Å². The van der Waals surface area contributed by atoms with Gasteiger partial charge in [-0.1, -0.05) is 37.6 Å². The van der Waals surface area contributed by atoms with Crippen LogP contribution < -0.4 is 5.32 Å². The Morgan fingerprint density at radius 1 is 1.25 bits per heavy atom. The number of halogens is 1. The Hall–Kier alpha value is -1.55. The summed E-state index contributed by atoms with van der Waals surface area (Å²) in [5, 5.41) is 3.48. The van der Waals surface area contributed by atoms with Gasteiger partial charge in [0.2, 0.25) is 11.8 Å².